The summed E-state index contributed by atoms with van der Waals surface area (Å²) in [7, 11) is 1.80. The molecule has 1 saturated heterocycles. The van der Waals surface area contributed by atoms with Gasteiger partial charge in [0.1, 0.15) is 6.04 Å². The van der Waals surface area contributed by atoms with Gasteiger partial charge in [0.15, 0.2) is 0 Å². The van der Waals surface area contributed by atoms with E-state index in [4.69, 9.17) is 10.8 Å². The van der Waals surface area contributed by atoms with E-state index in [9.17, 15) is 4.79 Å². The highest BCUT2D eigenvalue weighted by molar-refractivity contribution is 5.83. The lowest BCUT2D eigenvalue weighted by Crippen LogP contribution is -2.37. The summed E-state index contributed by atoms with van der Waals surface area (Å²) in [5, 5.41) is 12.9. The number of carbonyl (C=O) groups is 1. The molecule has 1 aromatic rings. The van der Waals surface area contributed by atoms with Crippen LogP contribution in [0.3, 0.4) is 0 Å². The fourth-order valence-electron chi connectivity index (χ4n) is 2.39. The third kappa shape index (κ3) is 2.70. The molecule has 100 valence electrons. The predicted octanol–water partition coefficient (Wildman–Crippen LogP) is -0.349. The molecule has 0 radical (unpaired) electrons. The molecular weight excluding hydrogens is 232 g/mol. The SMILES string of the molecule is Cn1cc(C(N)C(=O)N2CCC(CCO)C2)cn1. The Morgan fingerprint density at radius 2 is 2.50 bits per heavy atom. The average molecular weight is 252 g/mol. The minimum absolute atomic E-state index is 0.0524. The summed E-state index contributed by atoms with van der Waals surface area (Å²) < 4.78 is 1.64. The number of aliphatic hydroxyl groups excluding tert-OH is 1. The number of aryl methyl sites for hydroxylation is 1. The normalized spacial score (nSPS) is 21.3. The highest BCUT2D eigenvalue weighted by Gasteiger charge is 2.29. The second-order valence-corrected chi connectivity index (χ2v) is 4.88. The molecule has 0 aromatic carbocycles. The molecule has 2 rings (SSSR count). The molecular formula is C12H20N4O2. The number of nitrogens with two attached hydrogens (primary N) is 1. The topological polar surface area (TPSA) is 84.4 Å². The van der Waals surface area contributed by atoms with Crippen molar-refractivity contribution in [2.75, 3.05) is 19.7 Å². The molecule has 1 amide bonds. The summed E-state index contributed by atoms with van der Waals surface area (Å²) in [4.78, 5) is 14.0. The van der Waals surface area contributed by atoms with Crippen LogP contribution in [0.5, 0.6) is 0 Å². The molecule has 1 aliphatic rings. The van der Waals surface area contributed by atoms with Crippen molar-refractivity contribution in [1.82, 2.24) is 14.7 Å². The number of aliphatic hydroxyl groups is 1. The lowest BCUT2D eigenvalue weighted by Gasteiger charge is -2.20. The van der Waals surface area contributed by atoms with Crippen LogP contribution in [-0.2, 0) is 11.8 Å². The van der Waals surface area contributed by atoms with Gasteiger partial charge in [-0.15, -0.1) is 0 Å². The van der Waals surface area contributed by atoms with E-state index in [-0.39, 0.29) is 12.5 Å². The van der Waals surface area contributed by atoms with Crippen molar-refractivity contribution in [3.63, 3.8) is 0 Å². The van der Waals surface area contributed by atoms with Gasteiger partial charge < -0.3 is 15.7 Å². The van der Waals surface area contributed by atoms with Crippen molar-refractivity contribution in [1.29, 1.82) is 0 Å². The minimum Gasteiger partial charge on any atom is -0.396 e. The quantitative estimate of drug-likeness (QED) is 0.767. The Morgan fingerprint density at radius 3 is 3.11 bits per heavy atom. The lowest BCUT2D eigenvalue weighted by atomic mass is 10.1. The van der Waals surface area contributed by atoms with Crippen LogP contribution in [0.25, 0.3) is 0 Å². The Labute approximate surface area is 106 Å². The van der Waals surface area contributed by atoms with Crippen LogP contribution in [0.1, 0.15) is 24.4 Å². The summed E-state index contributed by atoms with van der Waals surface area (Å²) in [6, 6.07) is -0.633. The number of amides is 1. The van der Waals surface area contributed by atoms with Crippen molar-refractivity contribution in [2.24, 2.45) is 18.7 Å². The summed E-state index contributed by atoms with van der Waals surface area (Å²) in [6.07, 6.45) is 5.10. The van der Waals surface area contributed by atoms with E-state index >= 15 is 0 Å². The summed E-state index contributed by atoms with van der Waals surface area (Å²) in [6.45, 7) is 1.62. The Kier molecular flexibility index (Phi) is 3.98. The van der Waals surface area contributed by atoms with Gasteiger partial charge in [-0.3, -0.25) is 9.48 Å². The highest BCUT2D eigenvalue weighted by atomic mass is 16.3. The number of rotatable bonds is 4. The van der Waals surface area contributed by atoms with Gasteiger partial charge in [0, 0.05) is 38.5 Å². The van der Waals surface area contributed by atoms with Crippen molar-refractivity contribution in [2.45, 2.75) is 18.9 Å². The van der Waals surface area contributed by atoms with E-state index in [0.29, 0.717) is 12.5 Å². The fourth-order valence-corrected chi connectivity index (χ4v) is 2.39. The zero-order valence-electron chi connectivity index (χ0n) is 10.6. The first-order valence-corrected chi connectivity index (χ1v) is 6.25. The Morgan fingerprint density at radius 1 is 1.72 bits per heavy atom. The molecule has 1 fully saturated rings. The molecule has 3 N–H and O–H groups in total. The fraction of sp³-hybridized carbons (Fsp3) is 0.667. The molecule has 6 nitrogen and oxygen atoms in total. The molecule has 0 bridgehead atoms. The van der Waals surface area contributed by atoms with E-state index in [1.165, 1.54) is 0 Å². The summed E-state index contributed by atoms with van der Waals surface area (Å²) in [5.74, 6) is 0.350. The van der Waals surface area contributed by atoms with Crippen LogP contribution >= 0.6 is 0 Å². The maximum atomic E-state index is 12.2. The number of aromatic nitrogens is 2. The van der Waals surface area contributed by atoms with Crippen LogP contribution in [0.2, 0.25) is 0 Å². The molecule has 2 atom stereocenters. The van der Waals surface area contributed by atoms with Crippen LogP contribution < -0.4 is 5.73 Å². The van der Waals surface area contributed by atoms with E-state index in [0.717, 1.165) is 24.9 Å². The van der Waals surface area contributed by atoms with Gasteiger partial charge in [-0.25, -0.2) is 0 Å². The first-order chi connectivity index (χ1) is 8.61. The molecule has 0 spiro atoms. The Bertz CT molecular complexity index is 418. The molecule has 2 unspecified atom stereocenters. The summed E-state index contributed by atoms with van der Waals surface area (Å²) in [5.41, 5.74) is 6.70. The lowest BCUT2D eigenvalue weighted by molar-refractivity contribution is -0.131. The molecule has 2 heterocycles. The second kappa shape index (κ2) is 5.49. The van der Waals surface area contributed by atoms with Crippen molar-refractivity contribution >= 4 is 5.91 Å². The zero-order chi connectivity index (χ0) is 13.1. The zero-order valence-corrected chi connectivity index (χ0v) is 10.6. The van der Waals surface area contributed by atoms with Gasteiger partial charge in [-0.2, -0.15) is 5.10 Å². The maximum Gasteiger partial charge on any atom is 0.244 e. The standard InChI is InChI=1S/C12H20N4O2/c1-15-8-10(6-14-15)11(13)12(18)16-4-2-9(7-16)3-5-17/h6,8-9,11,17H,2-5,7,13H2,1H3. The van der Waals surface area contributed by atoms with Crippen molar-refractivity contribution < 1.29 is 9.90 Å². The van der Waals surface area contributed by atoms with Gasteiger partial charge >= 0.3 is 0 Å². The summed E-state index contributed by atoms with van der Waals surface area (Å²) >= 11 is 0. The number of hydrogen-bond donors (Lipinski definition) is 2. The number of nitrogens with zero attached hydrogens (tertiary/aromatic N) is 3. The third-order valence-corrected chi connectivity index (χ3v) is 3.48. The van der Waals surface area contributed by atoms with Crippen molar-refractivity contribution in [3.8, 4) is 0 Å². The number of likely N-dealkylation sites (tertiary alicyclic amines) is 1. The predicted molar refractivity (Wildman–Crippen MR) is 66.5 cm³/mol. The van der Waals surface area contributed by atoms with Gasteiger partial charge in [-0.1, -0.05) is 0 Å². The second-order valence-electron chi connectivity index (χ2n) is 4.88. The smallest absolute Gasteiger partial charge is 0.244 e. The van der Waals surface area contributed by atoms with E-state index < -0.39 is 6.04 Å². The average Bonchev–Trinajstić information content (AvgIpc) is 2.97. The Hall–Kier alpha value is -1.40. The van der Waals surface area contributed by atoms with Crippen LogP contribution in [-0.4, -0.2) is 45.4 Å². The van der Waals surface area contributed by atoms with Crippen LogP contribution in [0.4, 0.5) is 0 Å². The molecule has 1 aliphatic heterocycles. The monoisotopic (exact) mass is 252 g/mol. The van der Waals surface area contributed by atoms with Crippen molar-refractivity contribution in [3.05, 3.63) is 18.0 Å². The number of hydrogen-bond acceptors (Lipinski definition) is 4. The number of carbonyl (C=O) groups excluding carboxylic acids is 1. The first kappa shape index (κ1) is 13.0. The maximum absolute atomic E-state index is 12.2. The molecule has 6 heteroatoms. The molecule has 18 heavy (non-hydrogen) atoms. The Balaban J connectivity index is 1.95. The molecule has 0 saturated carbocycles. The first-order valence-electron chi connectivity index (χ1n) is 6.25. The molecule has 0 aliphatic carbocycles. The van der Waals surface area contributed by atoms with Gasteiger partial charge in [0.2, 0.25) is 5.91 Å². The largest absolute Gasteiger partial charge is 0.396 e. The highest BCUT2D eigenvalue weighted by Crippen LogP contribution is 2.22. The van der Waals surface area contributed by atoms with E-state index in [1.807, 2.05) is 0 Å². The van der Waals surface area contributed by atoms with Gasteiger partial charge in [0.25, 0.3) is 0 Å². The third-order valence-electron chi connectivity index (χ3n) is 3.48. The minimum atomic E-state index is -0.633. The van der Waals surface area contributed by atoms with Crippen LogP contribution in [0.15, 0.2) is 12.4 Å². The molecule has 1 aromatic heterocycles. The van der Waals surface area contributed by atoms with Gasteiger partial charge in [0.05, 0.1) is 6.20 Å². The van der Waals surface area contributed by atoms with Crippen LogP contribution in [0, 0.1) is 5.92 Å². The van der Waals surface area contributed by atoms with Gasteiger partial charge in [-0.05, 0) is 18.8 Å². The van der Waals surface area contributed by atoms with E-state index in [1.54, 1.807) is 29.0 Å². The van der Waals surface area contributed by atoms with E-state index in [2.05, 4.69) is 5.10 Å².